The van der Waals surface area contributed by atoms with Gasteiger partial charge in [-0.05, 0) is 37.0 Å². The van der Waals surface area contributed by atoms with Crippen LogP contribution < -0.4 is 10.2 Å². The Bertz CT molecular complexity index is 643. The molecule has 1 N–H and O–H groups in total. The van der Waals surface area contributed by atoms with E-state index in [9.17, 15) is 0 Å². The summed E-state index contributed by atoms with van der Waals surface area (Å²) in [4.78, 5) is 9.31. The number of benzene rings is 1. The average molecular weight is 417 g/mol. The van der Waals surface area contributed by atoms with E-state index in [4.69, 9.17) is 9.47 Å². The summed E-state index contributed by atoms with van der Waals surface area (Å²) >= 11 is 0. The SMILES string of the molecule is CN=C(NCc1ccc(N(C)C2CCCCC2)cc1)N1CCC(COCCOC)C1. The zero-order valence-electron chi connectivity index (χ0n) is 19.1. The smallest absolute Gasteiger partial charge is 0.193 e. The molecule has 168 valence electrons. The third-order valence-electron chi connectivity index (χ3n) is 6.50. The van der Waals surface area contributed by atoms with Crippen LogP contribution in [0, 0.1) is 5.92 Å². The predicted octanol–water partition coefficient (Wildman–Crippen LogP) is 3.52. The number of hydrogen-bond acceptors (Lipinski definition) is 4. The topological polar surface area (TPSA) is 49.3 Å². The van der Waals surface area contributed by atoms with Gasteiger partial charge in [-0.1, -0.05) is 31.4 Å². The normalized spacial score (nSPS) is 20.6. The van der Waals surface area contributed by atoms with Crippen LogP contribution in [0.3, 0.4) is 0 Å². The lowest BCUT2D eigenvalue weighted by Crippen LogP contribution is -2.39. The Morgan fingerprint density at radius 1 is 1.13 bits per heavy atom. The number of likely N-dealkylation sites (tertiary alicyclic amines) is 1. The number of ether oxygens (including phenoxy) is 2. The highest BCUT2D eigenvalue weighted by Crippen LogP contribution is 2.26. The van der Waals surface area contributed by atoms with Gasteiger partial charge in [0.2, 0.25) is 0 Å². The number of hydrogen-bond donors (Lipinski definition) is 1. The zero-order valence-corrected chi connectivity index (χ0v) is 19.1. The first-order chi connectivity index (χ1) is 14.7. The summed E-state index contributed by atoms with van der Waals surface area (Å²) < 4.78 is 10.7. The van der Waals surface area contributed by atoms with E-state index in [0.717, 1.165) is 38.6 Å². The second-order valence-electron chi connectivity index (χ2n) is 8.64. The lowest BCUT2D eigenvalue weighted by atomic mass is 9.94. The summed E-state index contributed by atoms with van der Waals surface area (Å²) in [5.41, 5.74) is 2.61. The summed E-state index contributed by atoms with van der Waals surface area (Å²) in [6.45, 7) is 4.96. The fraction of sp³-hybridized carbons (Fsp3) is 0.708. The van der Waals surface area contributed by atoms with Crippen LogP contribution in [0.4, 0.5) is 5.69 Å². The Hall–Kier alpha value is -1.79. The van der Waals surface area contributed by atoms with Gasteiger partial charge in [0.05, 0.1) is 19.8 Å². The number of nitrogens with one attached hydrogen (secondary N) is 1. The third kappa shape index (κ3) is 6.61. The Labute approximate surface area is 182 Å². The first-order valence-corrected chi connectivity index (χ1v) is 11.5. The molecular weight excluding hydrogens is 376 g/mol. The van der Waals surface area contributed by atoms with Crippen LogP contribution in [0.25, 0.3) is 0 Å². The minimum Gasteiger partial charge on any atom is -0.382 e. The van der Waals surface area contributed by atoms with Crippen LogP contribution in [0.1, 0.15) is 44.1 Å². The number of nitrogens with zero attached hydrogens (tertiary/aromatic N) is 3. The Morgan fingerprint density at radius 2 is 1.90 bits per heavy atom. The van der Waals surface area contributed by atoms with Crippen LogP contribution in [0.15, 0.2) is 29.3 Å². The molecule has 6 nitrogen and oxygen atoms in total. The van der Waals surface area contributed by atoms with E-state index in [1.54, 1.807) is 7.11 Å². The fourth-order valence-corrected chi connectivity index (χ4v) is 4.59. The van der Waals surface area contributed by atoms with Crippen molar-refractivity contribution in [2.24, 2.45) is 10.9 Å². The fourth-order valence-electron chi connectivity index (χ4n) is 4.59. The van der Waals surface area contributed by atoms with Crippen molar-refractivity contribution >= 4 is 11.6 Å². The van der Waals surface area contributed by atoms with Crippen molar-refractivity contribution in [3.8, 4) is 0 Å². The zero-order chi connectivity index (χ0) is 21.2. The van der Waals surface area contributed by atoms with E-state index in [-0.39, 0.29) is 0 Å². The van der Waals surface area contributed by atoms with Gasteiger partial charge in [-0.15, -0.1) is 0 Å². The molecule has 0 aromatic heterocycles. The molecule has 2 aliphatic rings. The Morgan fingerprint density at radius 3 is 2.60 bits per heavy atom. The first kappa shape index (κ1) is 22.9. The van der Waals surface area contributed by atoms with Gasteiger partial charge >= 0.3 is 0 Å². The van der Waals surface area contributed by atoms with Gasteiger partial charge < -0.3 is 24.6 Å². The number of rotatable bonds is 9. The maximum Gasteiger partial charge on any atom is 0.193 e. The summed E-state index contributed by atoms with van der Waals surface area (Å²) in [6, 6.07) is 9.70. The molecule has 30 heavy (non-hydrogen) atoms. The summed E-state index contributed by atoms with van der Waals surface area (Å²) in [6.07, 6.45) is 7.93. The lowest BCUT2D eigenvalue weighted by molar-refractivity contribution is 0.0536. The molecule has 3 rings (SSSR count). The van der Waals surface area contributed by atoms with Crippen molar-refractivity contribution in [2.45, 2.75) is 51.1 Å². The van der Waals surface area contributed by atoms with Gasteiger partial charge in [-0.3, -0.25) is 4.99 Å². The van der Waals surface area contributed by atoms with Crippen molar-refractivity contribution in [3.63, 3.8) is 0 Å². The number of anilines is 1. The Balaban J connectivity index is 1.43. The second-order valence-corrected chi connectivity index (χ2v) is 8.64. The van der Waals surface area contributed by atoms with E-state index in [2.05, 4.69) is 51.4 Å². The van der Waals surface area contributed by atoms with Gasteiger partial charge in [0.1, 0.15) is 0 Å². The molecule has 1 saturated heterocycles. The van der Waals surface area contributed by atoms with Crippen molar-refractivity contribution in [1.29, 1.82) is 0 Å². The van der Waals surface area contributed by atoms with Gasteiger partial charge in [0, 0.05) is 58.5 Å². The van der Waals surface area contributed by atoms with Crippen molar-refractivity contribution in [2.75, 3.05) is 59.0 Å². The lowest BCUT2D eigenvalue weighted by Gasteiger charge is -2.33. The largest absolute Gasteiger partial charge is 0.382 e. The molecule has 1 heterocycles. The second kappa shape index (κ2) is 12.2. The minimum absolute atomic E-state index is 0.565. The third-order valence-corrected chi connectivity index (χ3v) is 6.50. The highest BCUT2D eigenvalue weighted by molar-refractivity contribution is 5.80. The quantitative estimate of drug-likeness (QED) is 0.379. The first-order valence-electron chi connectivity index (χ1n) is 11.5. The van der Waals surface area contributed by atoms with Crippen molar-refractivity contribution < 1.29 is 9.47 Å². The van der Waals surface area contributed by atoms with Gasteiger partial charge in [-0.25, -0.2) is 0 Å². The maximum atomic E-state index is 5.71. The number of guanidine groups is 1. The van der Waals surface area contributed by atoms with E-state index in [1.807, 2.05) is 7.05 Å². The highest BCUT2D eigenvalue weighted by atomic mass is 16.5. The van der Waals surface area contributed by atoms with Crippen LogP contribution in [-0.2, 0) is 16.0 Å². The van der Waals surface area contributed by atoms with Crippen LogP contribution in [0.5, 0.6) is 0 Å². The van der Waals surface area contributed by atoms with E-state index >= 15 is 0 Å². The number of methoxy groups -OCH3 is 1. The molecule has 2 fully saturated rings. The minimum atomic E-state index is 0.565. The molecule has 1 atom stereocenters. The molecule has 1 aliphatic heterocycles. The molecule has 1 aromatic rings. The standard InChI is InChI=1S/C24H40N4O2/c1-25-24(28-14-13-21(18-28)19-30-16-15-29-3)26-17-20-9-11-23(12-10-20)27(2)22-7-5-4-6-8-22/h9-12,21-22H,4-8,13-19H2,1-3H3,(H,25,26). The summed E-state index contributed by atoms with van der Waals surface area (Å²) in [7, 11) is 5.82. The van der Waals surface area contributed by atoms with E-state index in [0.29, 0.717) is 25.2 Å². The maximum absolute atomic E-state index is 5.71. The summed E-state index contributed by atoms with van der Waals surface area (Å²) in [5, 5.41) is 3.54. The van der Waals surface area contributed by atoms with Crippen molar-refractivity contribution in [1.82, 2.24) is 10.2 Å². The molecule has 0 radical (unpaired) electrons. The Kier molecular flexibility index (Phi) is 9.27. The average Bonchev–Trinajstić information content (AvgIpc) is 3.26. The van der Waals surface area contributed by atoms with Gasteiger partial charge in [0.25, 0.3) is 0 Å². The van der Waals surface area contributed by atoms with Gasteiger partial charge in [-0.2, -0.15) is 0 Å². The molecule has 1 unspecified atom stereocenters. The monoisotopic (exact) mass is 416 g/mol. The van der Waals surface area contributed by atoms with Gasteiger partial charge in [0.15, 0.2) is 5.96 Å². The molecule has 0 bridgehead atoms. The van der Waals surface area contributed by atoms with E-state index in [1.165, 1.54) is 43.4 Å². The molecule has 1 saturated carbocycles. The molecule has 0 spiro atoms. The van der Waals surface area contributed by atoms with Crippen LogP contribution >= 0.6 is 0 Å². The summed E-state index contributed by atoms with van der Waals surface area (Å²) in [5.74, 6) is 1.55. The highest BCUT2D eigenvalue weighted by Gasteiger charge is 2.25. The molecule has 6 heteroatoms. The molecule has 1 aliphatic carbocycles. The van der Waals surface area contributed by atoms with E-state index < -0.39 is 0 Å². The molecule has 0 amide bonds. The predicted molar refractivity (Wildman–Crippen MR) is 124 cm³/mol. The van der Waals surface area contributed by atoms with Crippen molar-refractivity contribution in [3.05, 3.63) is 29.8 Å². The molecule has 1 aromatic carbocycles. The van der Waals surface area contributed by atoms with Crippen LogP contribution in [-0.4, -0.2) is 71.0 Å². The van der Waals surface area contributed by atoms with Crippen LogP contribution in [0.2, 0.25) is 0 Å². The number of aliphatic imine (C=N–C) groups is 1. The molecular formula is C24H40N4O2.